The molecule has 11 heteroatoms. The Bertz CT molecular complexity index is 1230. The normalized spacial score (nSPS) is 14.9. The van der Waals surface area contributed by atoms with Crippen molar-refractivity contribution in [3.8, 4) is 5.75 Å². The number of hydrogen-bond acceptors (Lipinski definition) is 5. The van der Waals surface area contributed by atoms with Gasteiger partial charge in [-0.1, -0.05) is 67.6 Å². The van der Waals surface area contributed by atoms with Gasteiger partial charge in [0, 0.05) is 28.2 Å². The maximum Gasteiger partial charge on any atom is 0.244 e. The van der Waals surface area contributed by atoms with Crippen molar-refractivity contribution in [2.75, 3.05) is 23.7 Å². The van der Waals surface area contributed by atoms with Crippen LogP contribution in [0.15, 0.2) is 42.5 Å². The summed E-state index contributed by atoms with van der Waals surface area (Å²) in [6.45, 7) is 3.34. The molecule has 0 spiro atoms. The van der Waals surface area contributed by atoms with Gasteiger partial charge in [-0.05, 0) is 50.5 Å². The van der Waals surface area contributed by atoms with Crippen molar-refractivity contribution in [1.82, 2.24) is 10.2 Å². The summed E-state index contributed by atoms with van der Waals surface area (Å²) in [5.41, 5.74) is 0.726. The molecule has 1 unspecified atom stereocenters. The number of halogens is 2. The van der Waals surface area contributed by atoms with E-state index >= 15 is 0 Å². The Kier molecular flexibility index (Phi) is 11.3. The Labute approximate surface area is 241 Å². The summed E-state index contributed by atoms with van der Waals surface area (Å²) in [7, 11) is -3.90. The molecule has 8 nitrogen and oxygen atoms in total. The second kappa shape index (κ2) is 14.2. The van der Waals surface area contributed by atoms with Crippen molar-refractivity contribution < 1.29 is 22.7 Å². The van der Waals surface area contributed by atoms with Crippen LogP contribution in [0.4, 0.5) is 5.69 Å². The molecular weight excluding hydrogens is 561 g/mol. The number of amides is 2. The summed E-state index contributed by atoms with van der Waals surface area (Å²) >= 11 is 12.9. The van der Waals surface area contributed by atoms with Gasteiger partial charge < -0.3 is 15.0 Å². The number of ether oxygens (including phenoxy) is 1. The highest BCUT2D eigenvalue weighted by Gasteiger charge is 2.34. The van der Waals surface area contributed by atoms with Crippen LogP contribution in [0.25, 0.3) is 0 Å². The molecule has 0 heterocycles. The molecule has 0 aromatic heterocycles. The van der Waals surface area contributed by atoms with Crippen LogP contribution in [0.3, 0.4) is 0 Å². The quantitative estimate of drug-likeness (QED) is 0.352. The summed E-state index contributed by atoms with van der Waals surface area (Å²) in [4.78, 5) is 28.9. The third-order valence-electron chi connectivity index (χ3n) is 6.84. The lowest BCUT2D eigenvalue weighted by Gasteiger charge is -2.34. The van der Waals surface area contributed by atoms with Crippen LogP contribution in [-0.4, -0.2) is 56.6 Å². The third kappa shape index (κ3) is 8.25. The maximum atomic E-state index is 14.0. The van der Waals surface area contributed by atoms with Gasteiger partial charge in [-0.15, -0.1) is 0 Å². The smallest absolute Gasteiger partial charge is 0.244 e. The van der Waals surface area contributed by atoms with Gasteiger partial charge in [-0.2, -0.15) is 0 Å². The van der Waals surface area contributed by atoms with Gasteiger partial charge in [-0.25, -0.2) is 8.42 Å². The average molecular weight is 599 g/mol. The van der Waals surface area contributed by atoms with Gasteiger partial charge in [0.2, 0.25) is 21.8 Å². The van der Waals surface area contributed by atoms with Gasteiger partial charge in [-0.3, -0.25) is 13.9 Å². The zero-order chi connectivity index (χ0) is 28.6. The molecule has 0 radical (unpaired) electrons. The number of rotatable bonds is 12. The minimum Gasteiger partial charge on any atom is -0.492 e. The molecule has 2 aromatic rings. The minimum atomic E-state index is -3.90. The van der Waals surface area contributed by atoms with Crippen LogP contribution in [0, 0.1) is 0 Å². The lowest BCUT2D eigenvalue weighted by atomic mass is 9.95. The Morgan fingerprint density at radius 1 is 1.03 bits per heavy atom. The highest BCUT2D eigenvalue weighted by atomic mass is 35.5. The highest BCUT2D eigenvalue weighted by Crippen LogP contribution is 2.31. The van der Waals surface area contributed by atoms with Crippen molar-refractivity contribution in [2.24, 2.45) is 0 Å². The largest absolute Gasteiger partial charge is 0.492 e. The highest BCUT2D eigenvalue weighted by molar-refractivity contribution is 7.92. The van der Waals surface area contributed by atoms with E-state index in [2.05, 4.69) is 5.32 Å². The fourth-order valence-electron chi connectivity index (χ4n) is 4.85. The molecule has 1 atom stereocenters. The van der Waals surface area contributed by atoms with Crippen LogP contribution in [-0.2, 0) is 26.2 Å². The number of anilines is 1. The number of nitrogens with zero attached hydrogens (tertiary/aromatic N) is 2. The summed E-state index contributed by atoms with van der Waals surface area (Å²) in [6, 6.07) is 10.9. The van der Waals surface area contributed by atoms with Crippen molar-refractivity contribution in [3.05, 3.63) is 58.1 Å². The SMILES string of the molecule is CCOc1ccccc1N(CC(=O)N(Cc1c(Cl)cccc1Cl)C(CC)C(=O)NC1CCCCC1)S(C)(=O)=O. The van der Waals surface area contributed by atoms with E-state index in [0.29, 0.717) is 34.4 Å². The minimum absolute atomic E-state index is 0.0479. The van der Waals surface area contributed by atoms with Crippen molar-refractivity contribution in [3.63, 3.8) is 0 Å². The second-order valence-electron chi connectivity index (χ2n) is 9.66. The zero-order valence-corrected chi connectivity index (χ0v) is 25.0. The van der Waals surface area contributed by atoms with E-state index in [1.54, 1.807) is 49.4 Å². The number of carbonyl (C=O) groups excluding carboxylic acids is 2. The van der Waals surface area contributed by atoms with Gasteiger partial charge in [0.1, 0.15) is 18.3 Å². The molecule has 1 fully saturated rings. The van der Waals surface area contributed by atoms with Gasteiger partial charge >= 0.3 is 0 Å². The molecule has 1 aliphatic carbocycles. The van der Waals surface area contributed by atoms with Crippen LogP contribution in [0.1, 0.15) is 57.9 Å². The Hall–Kier alpha value is -2.49. The predicted molar refractivity (Wildman–Crippen MR) is 156 cm³/mol. The molecule has 1 N–H and O–H groups in total. The average Bonchev–Trinajstić information content (AvgIpc) is 2.89. The molecule has 0 aliphatic heterocycles. The summed E-state index contributed by atoms with van der Waals surface area (Å²) in [5, 5.41) is 3.81. The molecule has 214 valence electrons. The molecule has 1 aliphatic rings. The third-order valence-corrected chi connectivity index (χ3v) is 8.68. The first-order valence-corrected chi connectivity index (χ1v) is 15.9. The van der Waals surface area contributed by atoms with E-state index in [0.717, 1.165) is 42.7 Å². The molecular formula is C28H37Cl2N3O5S. The van der Waals surface area contributed by atoms with E-state index in [1.807, 2.05) is 6.92 Å². The number of hydrogen-bond donors (Lipinski definition) is 1. The molecule has 2 amide bonds. The summed E-state index contributed by atoms with van der Waals surface area (Å²) in [6.07, 6.45) is 6.37. The number of carbonyl (C=O) groups is 2. The molecule has 0 bridgehead atoms. The number of sulfonamides is 1. The first-order valence-electron chi connectivity index (χ1n) is 13.3. The molecule has 0 saturated heterocycles. The van der Waals surface area contributed by atoms with E-state index < -0.39 is 28.5 Å². The van der Waals surface area contributed by atoms with E-state index in [9.17, 15) is 18.0 Å². The van der Waals surface area contributed by atoms with Crippen LogP contribution in [0.2, 0.25) is 10.0 Å². The fraction of sp³-hybridized carbons (Fsp3) is 0.500. The van der Waals surface area contributed by atoms with Crippen molar-refractivity contribution in [2.45, 2.75) is 71.0 Å². The Balaban J connectivity index is 1.99. The fourth-order valence-corrected chi connectivity index (χ4v) is 6.22. The molecule has 39 heavy (non-hydrogen) atoms. The Morgan fingerprint density at radius 2 is 1.67 bits per heavy atom. The standard InChI is InChI=1S/C28H37Cl2N3O5S/c1-4-24(28(35)31-20-12-7-6-8-13-20)32(18-21-22(29)14-11-15-23(21)30)27(34)19-33(39(3,36)37)25-16-9-10-17-26(25)38-5-2/h9-11,14-17,20,24H,4-8,12-13,18-19H2,1-3H3,(H,31,35). The zero-order valence-electron chi connectivity index (χ0n) is 22.7. The summed E-state index contributed by atoms with van der Waals surface area (Å²) < 4.78 is 32.5. The summed E-state index contributed by atoms with van der Waals surface area (Å²) in [5.74, 6) is -0.504. The van der Waals surface area contributed by atoms with E-state index in [4.69, 9.17) is 27.9 Å². The number of nitrogens with one attached hydrogen (secondary N) is 1. The van der Waals surface area contributed by atoms with Crippen molar-refractivity contribution in [1.29, 1.82) is 0 Å². The molecule has 3 rings (SSSR count). The maximum absolute atomic E-state index is 14.0. The molecule has 1 saturated carbocycles. The first kappa shape index (κ1) is 31.0. The topological polar surface area (TPSA) is 96.0 Å². The van der Waals surface area contributed by atoms with Crippen LogP contribution >= 0.6 is 23.2 Å². The number of para-hydroxylation sites is 2. The second-order valence-corrected chi connectivity index (χ2v) is 12.4. The Morgan fingerprint density at radius 3 is 2.26 bits per heavy atom. The monoisotopic (exact) mass is 597 g/mol. The van der Waals surface area contributed by atoms with Gasteiger partial charge in [0.05, 0.1) is 18.6 Å². The lowest BCUT2D eigenvalue weighted by Crippen LogP contribution is -2.54. The van der Waals surface area contributed by atoms with Gasteiger partial charge in [0.15, 0.2) is 0 Å². The van der Waals surface area contributed by atoms with Gasteiger partial charge in [0.25, 0.3) is 0 Å². The lowest BCUT2D eigenvalue weighted by molar-refractivity contribution is -0.140. The number of benzene rings is 2. The van der Waals surface area contributed by atoms with E-state index in [1.165, 1.54) is 4.90 Å². The van der Waals surface area contributed by atoms with Crippen molar-refractivity contribution >= 4 is 50.7 Å². The molecule has 2 aromatic carbocycles. The van der Waals surface area contributed by atoms with E-state index in [-0.39, 0.29) is 24.2 Å². The predicted octanol–water partition coefficient (Wildman–Crippen LogP) is 5.41. The van der Waals surface area contributed by atoms with Crippen LogP contribution < -0.4 is 14.4 Å². The first-order chi connectivity index (χ1) is 18.6. The van der Waals surface area contributed by atoms with Crippen LogP contribution in [0.5, 0.6) is 5.75 Å².